The first-order valence-corrected chi connectivity index (χ1v) is 8.74. The van der Waals surface area contributed by atoms with E-state index in [1.54, 1.807) is 6.20 Å². The number of aromatic nitrogens is 3. The van der Waals surface area contributed by atoms with Gasteiger partial charge in [0, 0.05) is 42.1 Å². The average Bonchev–Trinajstić information content (AvgIpc) is 3.06. The molecule has 1 fully saturated rings. The highest BCUT2D eigenvalue weighted by Gasteiger charge is 2.29. The molecule has 1 atom stereocenters. The Morgan fingerprint density at radius 3 is 3.00 bits per heavy atom. The van der Waals surface area contributed by atoms with Crippen LogP contribution < -0.4 is 10.2 Å². The molecule has 2 aliphatic rings. The van der Waals surface area contributed by atoms with Gasteiger partial charge in [-0.25, -0.2) is 15.0 Å². The molecule has 126 valence electrons. The molecule has 2 aromatic heterocycles. The van der Waals surface area contributed by atoms with E-state index in [1.807, 2.05) is 12.1 Å². The molecule has 1 aliphatic heterocycles. The van der Waals surface area contributed by atoms with E-state index >= 15 is 0 Å². The monoisotopic (exact) mass is 325 g/mol. The summed E-state index contributed by atoms with van der Waals surface area (Å²) in [6.45, 7) is 3.85. The zero-order chi connectivity index (χ0) is 16.5. The van der Waals surface area contributed by atoms with E-state index in [9.17, 15) is 0 Å². The van der Waals surface area contributed by atoms with Crippen LogP contribution in [0.15, 0.2) is 18.3 Å². The number of aliphatic hydroxyl groups is 1. The van der Waals surface area contributed by atoms with Crippen LogP contribution >= 0.6 is 0 Å². The van der Waals surface area contributed by atoms with Crippen LogP contribution in [0.25, 0.3) is 11.3 Å². The van der Waals surface area contributed by atoms with Crippen LogP contribution in [0.5, 0.6) is 0 Å². The van der Waals surface area contributed by atoms with Crippen molar-refractivity contribution in [2.45, 2.75) is 38.6 Å². The molecule has 6 nitrogen and oxygen atoms in total. The smallest absolute Gasteiger partial charge is 0.226 e. The third-order valence-electron chi connectivity index (χ3n) is 4.95. The molecule has 4 rings (SSSR count). The van der Waals surface area contributed by atoms with Crippen molar-refractivity contribution >= 4 is 11.8 Å². The van der Waals surface area contributed by atoms with Crippen molar-refractivity contribution in [2.24, 2.45) is 0 Å². The first kappa shape index (κ1) is 15.3. The molecule has 6 heteroatoms. The Kier molecular flexibility index (Phi) is 4.06. The van der Waals surface area contributed by atoms with Gasteiger partial charge < -0.3 is 15.3 Å². The van der Waals surface area contributed by atoms with Gasteiger partial charge in [-0.05, 0) is 44.7 Å². The van der Waals surface area contributed by atoms with Crippen molar-refractivity contribution in [1.29, 1.82) is 0 Å². The van der Waals surface area contributed by atoms with Gasteiger partial charge in [-0.15, -0.1) is 0 Å². The second kappa shape index (κ2) is 6.36. The zero-order valence-corrected chi connectivity index (χ0v) is 14.0. The van der Waals surface area contributed by atoms with E-state index in [4.69, 9.17) is 15.1 Å². The summed E-state index contributed by atoms with van der Waals surface area (Å²) >= 11 is 0. The number of pyridine rings is 1. The lowest BCUT2D eigenvalue weighted by molar-refractivity contribution is 0.311. The number of hydrogen-bond acceptors (Lipinski definition) is 6. The van der Waals surface area contributed by atoms with Gasteiger partial charge in [0.25, 0.3) is 0 Å². The van der Waals surface area contributed by atoms with Crippen molar-refractivity contribution in [3.05, 3.63) is 29.6 Å². The van der Waals surface area contributed by atoms with Crippen LogP contribution in [0.4, 0.5) is 11.8 Å². The molecule has 0 aromatic carbocycles. The number of fused-ring (bicyclic) bond motifs is 1. The molecule has 2 N–H and O–H groups in total. The summed E-state index contributed by atoms with van der Waals surface area (Å²) in [6.07, 6.45) is 6.24. The highest BCUT2D eigenvalue weighted by atomic mass is 16.3. The second-order valence-corrected chi connectivity index (χ2v) is 6.56. The van der Waals surface area contributed by atoms with Gasteiger partial charge in [-0.1, -0.05) is 0 Å². The summed E-state index contributed by atoms with van der Waals surface area (Å²) in [5, 5.41) is 12.1. The molecule has 0 amide bonds. The predicted octanol–water partition coefficient (Wildman–Crippen LogP) is 2.03. The summed E-state index contributed by atoms with van der Waals surface area (Å²) in [4.78, 5) is 16.4. The molecule has 0 unspecified atom stereocenters. The number of aryl methyl sites for hydroxylation is 1. The molecule has 1 aliphatic carbocycles. The summed E-state index contributed by atoms with van der Waals surface area (Å²) in [6, 6.07) is 4.55. The highest BCUT2D eigenvalue weighted by Crippen LogP contribution is 2.34. The van der Waals surface area contributed by atoms with Crippen LogP contribution in [-0.2, 0) is 12.8 Å². The molecule has 0 spiro atoms. The summed E-state index contributed by atoms with van der Waals surface area (Å²) < 4.78 is 0. The molecular weight excluding hydrogens is 302 g/mol. The maximum absolute atomic E-state index is 8.98. The first-order chi connectivity index (χ1) is 11.8. The average molecular weight is 325 g/mol. The van der Waals surface area contributed by atoms with Gasteiger partial charge in [-0.2, -0.15) is 0 Å². The van der Waals surface area contributed by atoms with Crippen molar-refractivity contribution < 1.29 is 5.11 Å². The van der Waals surface area contributed by atoms with Crippen LogP contribution in [0.1, 0.15) is 31.0 Å². The largest absolute Gasteiger partial charge is 0.395 e. The molecule has 1 saturated heterocycles. The van der Waals surface area contributed by atoms with Crippen molar-refractivity contribution in [1.82, 2.24) is 15.0 Å². The van der Waals surface area contributed by atoms with E-state index in [0.717, 1.165) is 48.8 Å². The fourth-order valence-corrected chi connectivity index (χ4v) is 3.46. The van der Waals surface area contributed by atoms with Gasteiger partial charge in [0.05, 0.1) is 12.3 Å². The molecule has 0 bridgehead atoms. The normalized spacial score (nSPS) is 19.1. The minimum atomic E-state index is 0.0891. The van der Waals surface area contributed by atoms with Crippen LogP contribution in [0.2, 0.25) is 0 Å². The number of nitrogens with one attached hydrogen (secondary N) is 1. The maximum Gasteiger partial charge on any atom is 0.226 e. The second-order valence-electron chi connectivity index (χ2n) is 6.56. The van der Waals surface area contributed by atoms with Gasteiger partial charge in [-0.3, -0.25) is 0 Å². The minimum Gasteiger partial charge on any atom is -0.395 e. The summed E-state index contributed by atoms with van der Waals surface area (Å²) in [5.74, 6) is 1.64. The quantitative estimate of drug-likeness (QED) is 0.876. The number of rotatable bonds is 5. The van der Waals surface area contributed by atoms with E-state index in [0.29, 0.717) is 12.6 Å². The Morgan fingerprint density at radius 2 is 2.25 bits per heavy atom. The van der Waals surface area contributed by atoms with Crippen LogP contribution in [0.3, 0.4) is 0 Å². The molecule has 0 radical (unpaired) electrons. The maximum atomic E-state index is 8.98. The van der Waals surface area contributed by atoms with Crippen molar-refractivity contribution in [3.8, 4) is 11.3 Å². The van der Waals surface area contributed by atoms with Gasteiger partial charge in [0.1, 0.15) is 5.82 Å². The molecule has 24 heavy (non-hydrogen) atoms. The molecule has 2 aromatic rings. The summed E-state index contributed by atoms with van der Waals surface area (Å²) in [5.41, 5.74) is 4.60. The van der Waals surface area contributed by atoms with E-state index in [2.05, 4.69) is 22.1 Å². The van der Waals surface area contributed by atoms with Crippen LogP contribution in [-0.4, -0.2) is 45.8 Å². The fraction of sp³-hybridized carbons (Fsp3) is 0.500. The van der Waals surface area contributed by atoms with Gasteiger partial charge >= 0.3 is 0 Å². The number of nitrogens with zero attached hydrogens (tertiary/aromatic N) is 4. The Bertz CT molecular complexity index is 748. The Labute approximate surface area is 142 Å². The lowest BCUT2D eigenvalue weighted by Crippen LogP contribution is -2.46. The number of anilines is 2. The molecule has 0 saturated carbocycles. The fourth-order valence-electron chi connectivity index (χ4n) is 3.46. The molecule has 3 heterocycles. The zero-order valence-electron chi connectivity index (χ0n) is 14.0. The van der Waals surface area contributed by atoms with Crippen molar-refractivity contribution in [2.75, 3.05) is 29.9 Å². The number of hydrogen-bond donors (Lipinski definition) is 2. The topological polar surface area (TPSA) is 74.2 Å². The van der Waals surface area contributed by atoms with Crippen LogP contribution in [0, 0.1) is 0 Å². The van der Waals surface area contributed by atoms with Crippen molar-refractivity contribution in [3.63, 3.8) is 0 Å². The number of aliphatic hydroxyl groups excluding tert-OH is 1. The minimum absolute atomic E-state index is 0.0891. The SMILES string of the molecule is C[C@H]1CCN1c1nc2c(c(-c3ccnc(NCCO)c3)n1)CCC2. The first-order valence-electron chi connectivity index (χ1n) is 8.74. The third kappa shape index (κ3) is 2.71. The van der Waals surface area contributed by atoms with E-state index < -0.39 is 0 Å². The highest BCUT2D eigenvalue weighted by molar-refractivity contribution is 5.69. The predicted molar refractivity (Wildman–Crippen MR) is 94.3 cm³/mol. The van der Waals surface area contributed by atoms with E-state index in [1.165, 1.54) is 17.7 Å². The Hall–Kier alpha value is -2.21. The summed E-state index contributed by atoms with van der Waals surface area (Å²) in [7, 11) is 0. The Balaban J connectivity index is 1.74. The lowest BCUT2D eigenvalue weighted by atomic mass is 10.0. The lowest BCUT2D eigenvalue weighted by Gasteiger charge is -2.39. The van der Waals surface area contributed by atoms with Gasteiger partial charge in [0.15, 0.2) is 0 Å². The standard InChI is InChI=1S/C18H23N5O/c1-12-6-9-23(12)18-21-15-4-2-3-14(15)17(22-18)13-5-7-19-16(11-13)20-8-10-24/h5,7,11-12,24H,2-4,6,8-10H2,1H3,(H,19,20)/t12-/m0/s1. The third-order valence-corrected chi connectivity index (χ3v) is 4.95. The molecular formula is C18H23N5O. The van der Waals surface area contributed by atoms with Gasteiger partial charge in [0.2, 0.25) is 5.95 Å². The Morgan fingerprint density at radius 1 is 1.33 bits per heavy atom. The van der Waals surface area contributed by atoms with E-state index in [-0.39, 0.29) is 6.61 Å².